The average Bonchev–Trinajstić information content (AvgIpc) is 3.62. The zero-order valence-corrected chi connectivity index (χ0v) is 20.4. The van der Waals surface area contributed by atoms with Crippen LogP contribution in [0.5, 0.6) is 11.5 Å². The number of imide groups is 1. The number of ether oxygens (including phenoxy) is 2. The highest BCUT2D eigenvalue weighted by Gasteiger charge is 2.64. The Morgan fingerprint density at radius 3 is 2.49 bits per heavy atom. The Morgan fingerprint density at radius 1 is 0.949 bits per heavy atom. The van der Waals surface area contributed by atoms with E-state index in [1.54, 1.807) is 24.4 Å². The molecule has 0 aromatic heterocycles. The Bertz CT molecular complexity index is 1600. The molecule has 10 nitrogen and oxygen atoms in total. The topological polar surface area (TPSA) is 119 Å². The van der Waals surface area contributed by atoms with Gasteiger partial charge in [0.25, 0.3) is 5.69 Å². The van der Waals surface area contributed by atoms with Gasteiger partial charge in [-0.05, 0) is 47.0 Å². The van der Waals surface area contributed by atoms with Crippen LogP contribution in [0.15, 0.2) is 72.9 Å². The van der Waals surface area contributed by atoms with Crippen LogP contribution in [0.3, 0.4) is 0 Å². The summed E-state index contributed by atoms with van der Waals surface area (Å²) in [4.78, 5) is 55.4. The summed E-state index contributed by atoms with van der Waals surface area (Å²) >= 11 is 0. The molecule has 0 saturated carbocycles. The summed E-state index contributed by atoms with van der Waals surface area (Å²) < 4.78 is 10.8. The molecule has 0 radical (unpaired) electrons. The molecule has 3 aromatic carbocycles. The molecule has 0 aliphatic carbocycles. The molecule has 4 heterocycles. The molecule has 39 heavy (non-hydrogen) atoms. The first-order valence-electron chi connectivity index (χ1n) is 12.5. The third-order valence-electron chi connectivity index (χ3n) is 7.96. The monoisotopic (exact) mass is 523 g/mol. The first-order chi connectivity index (χ1) is 18.9. The van der Waals surface area contributed by atoms with Crippen LogP contribution in [0.1, 0.15) is 33.1 Å². The summed E-state index contributed by atoms with van der Waals surface area (Å²) in [6, 6.07) is 16.8. The molecule has 4 atom stereocenters. The van der Waals surface area contributed by atoms with Crippen molar-refractivity contribution < 1.29 is 28.8 Å². The zero-order valence-electron chi connectivity index (χ0n) is 20.4. The molecule has 0 N–H and O–H groups in total. The number of hydrogen-bond acceptors (Lipinski definition) is 8. The third kappa shape index (κ3) is 3.44. The third-order valence-corrected chi connectivity index (χ3v) is 7.96. The summed E-state index contributed by atoms with van der Waals surface area (Å²) in [5, 5.41) is 11.1. The minimum absolute atomic E-state index is 0.0456. The molecule has 3 aromatic rings. The lowest BCUT2D eigenvalue weighted by Crippen LogP contribution is -2.44. The highest BCUT2D eigenvalue weighted by molar-refractivity contribution is 6.12. The van der Waals surface area contributed by atoms with E-state index in [-0.39, 0.29) is 36.3 Å². The van der Waals surface area contributed by atoms with E-state index >= 15 is 0 Å². The van der Waals surface area contributed by atoms with Crippen LogP contribution in [-0.4, -0.2) is 45.2 Å². The maximum absolute atomic E-state index is 13.9. The van der Waals surface area contributed by atoms with Crippen molar-refractivity contribution in [3.05, 3.63) is 105 Å². The van der Waals surface area contributed by atoms with Crippen LogP contribution in [0, 0.1) is 22.0 Å². The molecule has 194 valence electrons. The maximum atomic E-state index is 13.9. The number of Topliss-reactive ketones (excluding diaryl/α,β-unsaturated/α-hetero) is 1. The van der Waals surface area contributed by atoms with Gasteiger partial charge in [-0.25, -0.2) is 0 Å². The molecule has 7 rings (SSSR count). The van der Waals surface area contributed by atoms with Gasteiger partial charge in [0.05, 0.1) is 29.3 Å². The number of amides is 2. The Hall–Kier alpha value is -4.99. The Kier molecular flexibility index (Phi) is 5.06. The molecule has 0 bridgehead atoms. The SMILES string of the molecule is O=C(c1ccc([N+](=O)[O-])cc1)[C@H]1[C@H]2C(=O)N(Cc3ccc4c(c3)OCO4)C(=O)[C@@H]2[C@@H]2c3ccccc3C=CN12. The number of likely N-dealkylation sites (tertiary alicyclic amines) is 1. The number of ketones is 1. The lowest BCUT2D eigenvalue weighted by atomic mass is 9.83. The molecule has 4 aliphatic heterocycles. The number of non-ortho nitro benzene ring substituents is 1. The van der Waals surface area contributed by atoms with E-state index in [9.17, 15) is 24.5 Å². The van der Waals surface area contributed by atoms with Crippen LogP contribution < -0.4 is 9.47 Å². The van der Waals surface area contributed by atoms with Gasteiger partial charge in [0.2, 0.25) is 18.6 Å². The molecule has 10 heteroatoms. The molecular weight excluding hydrogens is 502 g/mol. The van der Waals surface area contributed by atoms with Gasteiger partial charge in [-0.2, -0.15) is 0 Å². The van der Waals surface area contributed by atoms with E-state index in [0.717, 1.165) is 11.1 Å². The fourth-order valence-electron chi connectivity index (χ4n) is 6.21. The van der Waals surface area contributed by atoms with Crippen LogP contribution in [0.2, 0.25) is 0 Å². The number of carbonyl (C=O) groups excluding carboxylic acids is 3. The van der Waals surface area contributed by atoms with Gasteiger partial charge in [0.1, 0.15) is 6.04 Å². The van der Waals surface area contributed by atoms with Gasteiger partial charge in [-0.3, -0.25) is 29.4 Å². The fraction of sp³-hybridized carbons (Fsp3) is 0.207. The van der Waals surface area contributed by atoms with E-state index in [0.29, 0.717) is 17.1 Å². The molecule has 0 unspecified atom stereocenters. The molecule has 4 aliphatic rings. The lowest BCUT2D eigenvalue weighted by Gasteiger charge is -2.35. The number of carbonyl (C=O) groups is 3. The van der Waals surface area contributed by atoms with Gasteiger partial charge in [0, 0.05) is 23.9 Å². The maximum Gasteiger partial charge on any atom is 0.269 e. The van der Waals surface area contributed by atoms with Gasteiger partial charge in [-0.1, -0.05) is 30.3 Å². The van der Waals surface area contributed by atoms with Crippen molar-refractivity contribution in [3.63, 3.8) is 0 Å². The van der Waals surface area contributed by atoms with E-state index < -0.39 is 34.7 Å². The standard InChI is InChI=1S/C29H21N3O7/c33-27(18-6-8-19(9-7-18)32(36)37)26-24-23(25-20-4-2-1-3-17(20)11-12-30(25)26)28(34)31(29(24)35)14-16-5-10-21-22(13-16)39-15-38-21/h1-13,23-26H,14-15H2/t23-,24-,25-,26+/m0/s1. The largest absolute Gasteiger partial charge is 0.454 e. The Balaban J connectivity index is 1.28. The number of benzene rings is 3. The van der Waals surface area contributed by atoms with Gasteiger partial charge >= 0.3 is 0 Å². The van der Waals surface area contributed by atoms with Crippen LogP contribution >= 0.6 is 0 Å². The zero-order chi connectivity index (χ0) is 26.8. The predicted molar refractivity (Wildman–Crippen MR) is 136 cm³/mol. The second-order valence-corrected chi connectivity index (χ2v) is 9.95. The average molecular weight is 524 g/mol. The summed E-state index contributed by atoms with van der Waals surface area (Å²) in [6.07, 6.45) is 3.66. The van der Waals surface area contributed by atoms with Crippen molar-refractivity contribution >= 4 is 29.4 Å². The normalized spacial score (nSPS) is 24.0. The molecular formula is C29H21N3O7. The highest BCUT2D eigenvalue weighted by Crippen LogP contribution is 2.53. The van der Waals surface area contributed by atoms with Crippen LogP contribution in [-0.2, 0) is 16.1 Å². The first kappa shape index (κ1) is 23.2. The van der Waals surface area contributed by atoms with Gasteiger partial charge in [0.15, 0.2) is 17.3 Å². The van der Waals surface area contributed by atoms with E-state index in [4.69, 9.17) is 9.47 Å². The van der Waals surface area contributed by atoms with Gasteiger partial charge < -0.3 is 14.4 Å². The second kappa shape index (κ2) is 8.52. The van der Waals surface area contributed by atoms with Gasteiger partial charge in [-0.15, -0.1) is 0 Å². The number of nitro benzene ring substituents is 1. The minimum atomic E-state index is -0.940. The van der Waals surface area contributed by atoms with Crippen molar-refractivity contribution in [1.82, 2.24) is 9.80 Å². The van der Waals surface area contributed by atoms with E-state index in [1.165, 1.54) is 29.2 Å². The highest BCUT2D eigenvalue weighted by atomic mass is 16.7. The first-order valence-corrected chi connectivity index (χ1v) is 12.5. The molecule has 2 amide bonds. The van der Waals surface area contributed by atoms with Crippen molar-refractivity contribution in [1.29, 1.82) is 0 Å². The Morgan fingerprint density at radius 2 is 1.69 bits per heavy atom. The summed E-state index contributed by atoms with van der Waals surface area (Å²) in [6.45, 7) is 0.158. The van der Waals surface area contributed by atoms with Crippen molar-refractivity contribution in [2.24, 2.45) is 11.8 Å². The van der Waals surface area contributed by atoms with Crippen LogP contribution in [0.4, 0.5) is 5.69 Å². The molecule has 2 fully saturated rings. The lowest BCUT2D eigenvalue weighted by molar-refractivity contribution is -0.384. The quantitative estimate of drug-likeness (QED) is 0.215. The fourth-order valence-corrected chi connectivity index (χ4v) is 6.21. The van der Waals surface area contributed by atoms with Crippen molar-refractivity contribution in [3.8, 4) is 11.5 Å². The number of nitrogens with zero attached hydrogens (tertiary/aromatic N) is 3. The summed E-state index contributed by atoms with van der Waals surface area (Å²) in [5.74, 6) is -1.62. The summed E-state index contributed by atoms with van der Waals surface area (Å²) in [5.41, 5.74) is 2.62. The predicted octanol–water partition coefficient (Wildman–Crippen LogP) is 3.72. The Labute approximate surface area is 222 Å². The molecule has 0 spiro atoms. The number of rotatable bonds is 5. The van der Waals surface area contributed by atoms with E-state index in [2.05, 4.69) is 0 Å². The summed E-state index contributed by atoms with van der Waals surface area (Å²) in [7, 11) is 0. The van der Waals surface area contributed by atoms with Crippen molar-refractivity contribution in [2.45, 2.75) is 18.6 Å². The minimum Gasteiger partial charge on any atom is -0.454 e. The van der Waals surface area contributed by atoms with E-state index in [1.807, 2.05) is 35.2 Å². The van der Waals surface area contributed by atoms with Crippen LogP contribution in [0.25, 0.3) is 6.08 Å². The number of fused-ring (bicyclic) bond motifs is 6. The second-order valence-electron chi connectivity index (χ2n) is 9.95. The number of nitro groups is 1. The smallest absolute Gasteiger partial charge is 0.269 e. The molecule has 2 saturated heterocycles. The van der Waals surface area contributed by atoms with Crippen molar-refractivity contribution in [2.75, 3.05) is 6.79 Å². The number of hydrogen-bond donors (Lipinski definition) is 0.